The van der Waals surface area contributed by atoms with Gasteiger partial charge in [0.25, 0.3) is 0 Å². The molecule has 0 saturated heterocycles. The highest BCUT2D eigenvalue weighted by molar-refractivity contribution is 5.12. The summed E-state index contributed by atoms with van der Waals surface area (Å²) in [6, 6.07) is 2.28. The summed E-state index contributed by atoms with van der Waals surface area (Å²) < 4.78 is 1.91. The standard InChI is InChI=1S/C12H24N4/c1-9-8-11(16(5)15-9)10(14-13)6-7-12(2,3)4/h8,10,14H,6-7,13H2,1-5H3. The molecule has 0 amide bonds. The van der Waals surface area contributed by atoms with Crippen LogP contribution in [0.15, 0.2) is 6.07 Å². The topological polar surface area (TPSA) is 55.9 Å². The molecule has 1 unspecified atom stereocenters. The number of rotatable bonds is 4. The number of nitrogens with two attached hydrogens (primary N) is 1. The molecule has 1 heterocycles. The molecule has 0 bridgehead atoms. The highest BCUT2D eigenvalue weighted by atomic mass is 15.3. The third-order valence-corrected chi connectivity index (χ3v) is 2.78. The highest BCUT2D eigenvalue weighted by Crippen LogP contribution is 2.26. The molecule has 0 aliphatic rings. The number of nitrogens with one attached hydrogen (secondary N) is 1. The van der Waals surface area contributed by atoms with E-state index < -0.39 is 0 Å². The molecule has 0 fully saturated rings. The number of hydrogen-bond acceptors (Lipinski definition) is 3. The predicted molar refractivity (Wildman–Crippen MR) is 66.7 cm³/mol. The van der Waals surface area contributed by atoms with E-state index in [-0.39, 0.29) is 6.04 Å². The molecule has 1 aromatic heterocycles. The van der Waals surface area contributed by atoms with Crippen LogP contribution in [0.3, 0.4) is 0 Å². The summed E-state index contributed by atoms with van der Waals surface area (Å²) in [5.41, 5.74) is 5.41. The van der Waals surface area contributed by atoms with Gasteiger partial charge in [-0.25, -0.2) is 0 Å². The van der Waals surface area contributed by atoms with Gasteiger partial charge in [-0.3, -0.25) is 16.0 Å². The van der Waals surface area contributed by atoms with Crippen LogP contribution >= 0.6 is 0 Å². The van der Waals surface area contributed by atoms with E-state index in [1.165, 1.54) is 0 Å². The average Bonchev–Trinajstić information content (AvgIpc) is 2.45. The Morgan fingerprint density at radius 2 is 2.12 bits per heavy atom. The molecule has 0 spiro atoms. The molecule has 0 saturated carbocycles. The Bertz CT molecular complexity index is 335. The van der Waals surface area contributed by atoms with E-state index >= 15 is 0 Å². The minimum absolute atomic E-state index is 0.186. The van der Waals surface area contributed by atoms with Crippen molar-refractivity contribution < 1.29 is 0 Å². The minimum atomic E-state index is 0.186. The van der Waals surface area contributed by atoms with Crippen LogP contribution in [0.2, 0.25) is 0 Å². The quantitative estimate of drug-likeness (QED) is 0.608. The van der Waals surface area contributed by atoms with Gasteiger partial charge in [0.1, 0.15) is 0 Å². The normalized spacial score (nSPS) is 14.1. The predicted octanol–water partition coefficient (Wildman–Crippen LogP) is 2.06. The number of aryl methyl sites for hydroxylation is 2. The maximum absolute atomic E-state index is 5.62. The van der Waals surface area contributed by atoms with Gasteiger partial charge < -0.3 is 0 Å². The van der Waals surface area contributed by atoms with Gasteiger partial charge in [0.15, 0.2) is 0 Å². The first kappa shape index (κ1) is 13.2. The van der Waals surface area contributed by atoms with Gasteiger partial charge in [-0.2, -0.15) is 5.10 Å². The number of nitrogens with zero attached hydrogens (tertiary/aromatic N) is 2. The van der Waals surface area contributed by atoms with E-state index in [0.717, 1.165) is 24.2 Å². The summed E-state index contributed by atoms with van der Waals surface area (Å²) in [5.74, 6) is 5.62. The summed E-state index contributed by atoms with van der Waals surface area (Å²) in [7, 11) is 1.96. The largest absolute Gasteiger partial charge is 0.271 e. The molecule has 0 aromatic carbocycles. The molecule has 1 rings (SSSR count). The van der Waals surface area contributed by atoms with E-state index in [4.69, 9.17) is 5.84 Å². The van der Waals surface area contributed by atoms with Crippen LogP contribution < -0.4 is 11.3 Å². The zero-order valence-corrected chi connectivity index (χ0v) is 11.0. The Morgan fingerprint density at radius 3 is 2.50 bits per heavy atom. The van der Waals surface area contributed by atoms with Gasteiger partial charge in [-0.05, 0) is 31.2 Å². The molecule has 3 N–H and O–H groups in total. The van der Waals surface area contributed by atoms with Gasteiger partial charge in [0.05, 0.1) is 17.4 Å². The van der Waals surface area contributed by atoms with Gasteiger partial charge in [0, 0.05) is 7.05 Å². The molecule has 4 heteroatoms. The van der Waals surface area contributed by atoms with Crippen molar-refractivity contribution in [1.29, 1.82) is 0 Å². The molecule has 4 nitrogen and oxygen atoms in total. The Balaban J connectivity index is 2.71. The highest BCUT2D eigenvalue weighted by Gasteiger charge is 2.18. The second-order valence-corrected chi connectivity index (χ2v) is 5.65. The van der Waals surface area contributed by atoms with Crippen molar-refractivity contribution in [2.75, 3.05) is 0 Å². The van der Waals surface area contributed by atoms with Crippen LogP contribution in [0, 0.1) is 12.3 Å². The lowest BCUT2D eigenvalue weighted by Crippen LogP contribution is -2.30. The Morgan fingerprint density at radius 1 is 1.50 bits per heavy atom. The van der Waals surface area contributed by atoms with E-state index in [0.29, 0.717) is 5.41 Å². The fraction of sp³-hybridized carbons (Fsp3) is 0.750. The molecule has 92 valence electrons. The molecule has 16 heavy (non-hydrogen) atoms. The van der Waals surface area contributed by atoms with Crippen LogP contribution in [-0.2, 0) is 7.05 Å². The van der Waals surface area contributed by atoms with Gasteiger partial charge in [0.2, 0.25) is 0 Å². The van der Waals surface area contributed by atoms with Crippen LogP contribution in [-0.4, -0.2) is 9.78 Å². The fourth-order valence-electron chi connectivity index (χ4n) is 1.85. The van der Waals surface area contributed by atoms with Crippen molar-refractivity contribution in [3.63, 3.8) is 0 Å². The van der Waals surface area contributed by atoms with Crippen molar-refractivity contribution in [2.24, 2.45) is 18.3 Å². The Hall–Kier alpha value is -0.870. The third-order valence-electron chi connectivity index (χ3n) is 2.78. The van der Waals surface area contributed by atoms with Gasteiger partial charge >= 0.3 is 0 Å². The minimum Gasteiger partial charge on any atom is -0.271 e. The van der Waals surface area contributed by atoms with Crippen LogP contribution in [0.1, 0.15) is 51.0 Å². The van der Waals surface area contributed by atoms with Crippen molar-refractivity contribution in [3.05, 3.63) is 17.5 Å². The van der Waals surface area contributed by atoms with Crippen molar-refractivity contribution in [2.45, 2.75) is 46.6 Å². The zero-order chi connectivity index (χ0) is 12.3. The lowest BCUT2D eigenvalue weighted by molar-refractivity contribution is 0.328. The Kier molecular flexibility index (Phi) is 4.10. The van der Waals surface area contributed by atoms with Gasteiger partial charge in [-0.1, -0.05) is 20.8 Å². The first-order valence-corrected chi connectivity index (χ1v) is 5.80. The van der Waals surface area contributed by atoms with Gasteiger partial charge in [-0.15, -0.1) is 0 Å². The summed E-state index contributed by atoms with van der Waals surface area (Å²) >= 11 is 0. The Labute approximate surface area is 98.2 Å². The summed E-state index contributed by atoms with van der Waals surface area (Å²) in [4.78, 5) is 0. The van der Waals surface area contributed by atoms with E-state index in [1.54, 1.807) is 0 Å². The van der Waals surface area contributed by atoms with Crippen LogP contribution in [0.25, 0.3) is 0 Å². The maximum atomic E-state index is 5.62. The molecule has 0 radical (unpaired) electrons. The summed E-state index contributed by atoms with van der Waals surface area (Å²) in [6.45, 7) is 8.74. The van der Waals surface area contributed by atoms with Crippen molar-refractivity contribution >= 4 is 0 Å². The van der Waals surface area contributed by atoms with Crippen LogP contribution in [0.4, 0.5) is 0 Å². The summed E-state index contributed by atoms with van der Waals surface area (Å²) in [6.07, 6.45) is 2.16. The number of hydrogen-bond donors (Lipinski definition) is 2. The van der Waals surface area contributed by atoms with Crippen molar-refractivity contribution in [1.82, 2.24) is 15.2 Å². The molecule has 0 aliphatic carbocycles. The van der Waals surface area contributed by atoms with E-state index in [1.807, 2.05) is 18.7 Å². The summed E-state index contributed by atoms with van der Waals surface area (Å²) in [5, 5.41) is 4.35. The number of hydrazine groups is 1. The fourth-order valence-corrected chi connectivity index (χ4v) is 1.85. The van der Waals surface area contributed by atoms with E-state index in [2.05, 4.69) is 37.4 Å². The molecule has 1 atom stereocenters. The molecular weight excluding hydrogens is 200 g/mol. The molecular formula is C12H24N4. The monoisotopic (exact) mass is 224 g/mol. The van der Waals surface area contributed by atoms with Crippen LogP contribution in [0.5, 0.6) is 0 Å². The lowest BCUT2D eigenvalue weighted by Gasteiger charge is -2.22. The smallest absolute Gasteiger partial charge is 0.0629 e. The van der Waals surface area contributed by atoms with Crippen molar-refractivity contribution in [3.8, 4) is 0 Å². The maximum Gasteiger partial charge on any atom is 0.0629 e. The first-order chi connectivity index (χ1) is 7.33. The first-order valence-electron chi connectivity index (χ1n) is 5.80. The lowest BCUT2D eigenvalue weighted by atomic mass is 9.88. The number of aromatic nitrogens is 2. The van der Waals surface area contributed by atoms with E-state index in [9.17, 15) is 0 Å². The molecule has 1 aromatic rings. The SMILES string of the molecule is Cc1cc(C(CCC(C)(C)C)NN)n(C)n1. The second-order valence-electron chi connectivity index (χ2n) is 5.65. The molecule has 0 aliphatic heterocycles. The zero-order valence-electron chi connectivity index (χ0n) is 11.0. The second kappa shape index (κ2) is 4.97. The average molecular weight is 224 g/mol. The third kappa shape index (κ3) is 3.61.